The molecule has 154 valence electrons. The smallest absolute Gasteiger partial charge is 0.261 e. The Labute approximate surface area is 171 Å². The van der Waals surface area contributed by atoms with Gasteiger partial charge in [0.1, 0.15) is 18.2 Å². The number of hydrogen-bond acceptors (Lipinski definition) is 7. The van der Waals surface area contributed by atoms with Crippen LogP contribution in [0.3, 0.4) is 0 Å². The number of aromatic nitrogens is 4. The molecule has 0 aliphatic rings. The predicted molar refractivity (Wildman–Crippen MR) is 104 cm³/mol. The summed E-state index contributed by atoms with van der Waals surface area (Å²) < 4.78 is 48.8. The Kier molecular flexibility index (Phi) is 5.06. The van der Waals surface area contributed by atoms with E-state index in [1.165, 1.54) is 42.5 Å². The summed E-state index contributed by atoms with van der Waals surface area (Å²) in [6, 6.07) is 11.6. The highest BCUT2D eigenvalue weighted by atomic mass is 32.2. The van der Waals surface area contributed by atoms with Crippen LogP contribution < -0.4 is 9.88 Å². The van der Waals surface area contributed by atoms with Gasteiger partial charge >= 0.3 is 0 Å². The largest absolute Gasteiger partial charge is 0.487 e. The van der Waals surface area contributed by atoms with Gasteiger partial charge in [0.15, 0.2) is 0 Å². The lowest BCUT2D eigenvalue weighted by atomic mass is 10.2. The van der Waals surface area contributed by atoms with E-state index >= 15 is 0 Å². The molecule has 2 aromatic heterocycles. The first-order valence-corrected chi connectivity index (χ1v) is 10.2. The molecule has 0 spiro atoms. The second-order valence-electron chi connectivity index (χ2n) is 6.37. The highest BCUT2D eigenvalue weighted by Crippen LogP contribution is 2.27. The molecule has 30 heavy (non-hydrogen) atoms. The van der Waals surface area contributed by atoms with Crippen LogP contribution in [0.2, 0.25) is 0 Å². The summed E-state index contributed by atoms with van der Waals surface area (Å²) in [5.41, 5.74) is 1.65. The molecular formula is C19H16FN5O4S. The number of ether oxygens (including phenoxy) is 1. The van der Waals surface area contributed by atoms with Crippen LogP contribution in [0.4, 0.5) is 4.39 Å². The van der Waals surface area contributed by atoms with Crippen LogP contribution in [0.5, 0.6) is 5.75 Å². The number of rotatable bonds is 6. The van der Waals surface area contributed by atoms with Crippen molar-refractivity contribution in [2.24, 2.45) is 12.2 Å². The van der Waals surface area contributed by atoms with Gasteiger partial charge in [-0.05, 0) is 36.4 Å². The summed E-state index contributed by atoms with van der Waals surface area (Å²) in [5.74, 6) is 0.532. The minimum Gasteiger partial charge on any atom is -0.487 e. The van der Waals surface area contributed by atoms with Gasteiger partial charge in [0.25, 0.3) is 5.89 Å². The fourth-order valence-corrected chi connectivity index (χ4v) is 3.32. The second-order valence-corrected chi connectivity index (χ2v) is 7.93. The van der Waals surface area contributed by atoms with Crippen molar-refractivity contribution < 1.29 is 22.1 Å². The maximum Gasteiger partial charge on any atom is 0.261 e. The molecule has 4 rings (SSSR count). The zero-order chi connectivity index (χ0) is 21.3. The van der Waals surface area contributed by atoms with E-state index < -0.39 is 10.0 Å². The number of nitrogens with zero attached hydrogens (tertiary/aromatic N) is 4. The minimum atomic E-state index is -3.86. The normalized spacial score (nSPS) is 11.6. The van der Waals surface area contributed by atoms with E-state index in [4.69, 9.17) is 14.4 Å². The number of primary sulfonamides is 1. The van der Waals surface area contributed by atoms with Crippen molar-refractivity contribution in [2.45, 2.75) is 11.5 Å². The molecule has 11 heteroatoms. The minimum absolute atomic E-state index is 0.0545. The number of aryl methyl sites for hydroxylation is 1. The Morgan fingerprint density at radius 3 is 2.70 bits per heavy atom. The quantitative estimate of drug-likeness (QED) is 0.499. The first kappa shape index (κ1) is 19.7. The molecule has 4 aromatic rings. The molecule has 0 aliphatic carbocycles. The Hall–Kier alpha value is -3.57. The number of nitrogens with two attached hydrogens (primary N) is 1. The van der Waals surface area contributed by atoms with Crippen molar-refractivity contribution in [3.8, 4) is 28.6 Å². The Morgan fingerprint density at radius 2 is 1.97 bits per heavy atom. The number of benzene rings is 2. The van der Waals surface area contributed by atoms with Crippen molar-refractivity contribution in [2.75, 3.05) is 0 Å². The zero-order valence-electron chi connectivity index (χ0n) is 15.7. The third kappa shape index (κ3) is 4.07. The molecule has 2 aromatic carbocycles. The molecule has 0 amide bonds. The van der Waals surface area contributed by atoms with Gasteiger partial charge in [-0.25, -0.2) is 17.9 Å². The highest BCUT2D eigenvalue weighted by molar-refractivity contribution is 7.89. The first-order valence-electron chi connectivity index (χ1n) is 8.68. The van der Waals surface area contributed by atoms with Gasteiger partial charge in [-0.1, -0.05) is 17.3 Å². The summed E-state index contributed by atoms with van der Waals surface area (Å²) in [6.45, 7) is 0.135. The molecule has 0 aliphatic heterocycles. The molecule has 0 unspecified atom stereocenters. The topological polar surface area (TPSA) is 126 Å². The number of halogens is 1. The third-order valence-electron chi connectivity index (χ3n) is 4.33. The molecule has 0 radical (unpaired) electrons. The lowest BCUT2D eigenvalue weighted by Crippen LogP contribution is -2.11. The lowest BCUT2D eigenvalue weighted by Gasteiger charge is -2.07. The van der Waals surface area contributed by atoms with E-state index in [0.29, 0.717) is 22.6 Å². The average Bonchev–Trinajstić information content (AvgIpc) is 3.34. The van der Waals surface area contributed by atoms with Crippen molar-refractivity contribution in [1.82, 2.24) is 19.9 Å². The fourth-order valence-electron chi connectivity index (χ4n) is 2.76. The van der Waals surface area contributed by atoms with Gasteiger partial charge in [0.2, 0.25) is 15.8 Å². The van der Waals surface area contributed by atoms with Gasteiger partial charge < -0.3 is 9.26 Å². The molecule has 0 saturated carbocycles. The number of hydrogen-bond donors (Lipinski definition) is 1. The lowest BCUT2D eigenvalue weighted by molar-refractivity contribution is 0.294. The predicted octanol–water partition coefficient (Wildman–Crippen LogP) is 2.50. The SMILES string of the molecule is Cn1ncc(-c2nc(-c3cccc(S(N)(=O)=O)c3)no2)c1COc1ccc(F)cc1. The molecule has 0 bridgehead atoms. The Bertz CT molecular complexity index is 1300. The standard InChI is InChI=1S/C19H16FN5O4S/c1-25-17(11-28-14-7-5-13(20)6-8-14)16(10-22-25)19-23-18(24-29-19)12-3-2-4-15(9-12)30(21,26)27/h2-10H,11H2,1H3,(H2,21,26,27). The van der Waals surface area contributed by atoms with Gasteiger partial charge in [0.05, 0.1) is 22.3 Å². The first-order chi connectivity index (χ1) is 14.3. The third-order valence-corrected chi connectivity index (χ3v) is 5.24. The van der Waals surface area contributed by atoms with Crippen LogP contribution >= 0.6 is 0 Å². The van der Waals surface area contributed by atoms with E-state index in [2.05, 4.69) is 15.2 Å². The maximum absolute atomic E-state index is 13.0. The molecule has 2 N–H and O–H groups in total. The average molecular weight is 429 g/mol. The summed E-state index contributed by atoms with van der Waals surface area (Å²) in [5, 5.41) is 13.3. The van der Waals surface area contributed by atoms with Gasteiger partial charge in [-0.2, -0.15) is 10.1 Å². The molecule has 0 atom stereocenters. The summed E-state index contributed by atoms with van der Waals surface area (Å²) in [7, 11) is -2.12. The van der Waals surface area contributed by atoms with E-state index in [-0.39, 0.29) is 29.0 Å². The van der Waals surface area contributed by atoms with Crippen molar-refractivity contribution in [1.29, 1.82) is 0 Å². The van der Waals surface area contributed by atoms with E-state index in [1.807, 2.05) is 0 Å². The Balaban J connectivity index is 1.61. The van der Waals surface area contributed by atoms with E-state index in [9.17, 15) is 12.8 Å². The van der Waals surface area contributed by atoms with E-state index in [1.54, 1.807) is 24.0 Å². The van der Waals surface area contributed by atoms with Crippen LogP contribution in [0.25, 0.3) is 22.8 Å². The highest BCUT2D eigenvalue weighted by Gasteiger charge is 2.19. The maximum atomic E-state index is 13.0. The monoisotopic (exact) mass is 429 g/mol. The molecule has 9 nitrogen and oxygen atoms in total. The van der Waals surface area contributed by atoms with Crippen LogP contribution in [-0.4, -0.2) is 28.3 Å². The second kappa shape index (κ2) is 7.69. The van der Waals surface area contributed by atoms with Crippen LogP contribution in [-0.2, 0) is 23.7 Å². The van der Waals surface area contributed by atoms with Crippen LogP contribution in [0.1, 0.15) is 5.69 Å². The van der Waals surface area contributed by atoms with Gasteiger partial charge in [-0.15, -0.1) is 0 Å². The molecule has 0 fully saturated rings. The summed E-state index contributed by atoms with van der Waals surface area (Å²) in [4.78, 5) is 4.29. The summed E-state index contributed by atoms with van der Waals surface area (Å²) in [6.07, 6.45) is 1.56. The van der Waals surface area contributed by atoms with Crippen molar-refractivity contribution in [3.05, 3.63) is 66.2 Å². The van der Waals surface area contributed by atoms with E-state index in [0.717, 1.165) is 0 Å². The van der Waals surface area contributed by atoms with Gasteiger partial charge in [-0.3, -0.25) is 4.68 Å². The summed E-state index contributed by atoms with van der Waals surface area (Å²) >= 11 is 0. The fraction of sp³-hybridized carbons (Fsp3) is 0.105. The Morgan fingerprint density at radius 1 is 1.20 bits per heavy atom. The van der Waals surface area contributed by atoms with Gasteiger partial charge in [0, 0.05) is 12.6 Å². The molecular weight excluding hydrogens is 413 g/mol. The van der Waals surface area contributed by atoms with Crippen molar-refractivity contribution in [3.63, 3.8) is 0 Å². The molecule has 2 heterocycles. The van der Waals surface area contributed by atoms with Crippen LogP contribution in [0.15, 0.2) is 64.1 Å². The van der Waals surface area contributed by atoms with Crippen LogP contribution in [0, 0.1) is 5.82 Å². The van der Waals surface area contributed by atoms with Crippen molar-refractivity contribution >= 4 is 10.0 Å². The zero-order valence-corrected chi connectivity index (χ0v) is 16.5. The number of sulfonamides is 1. The molecule has 0 saturated heterocycles.